The third kappa shape index (κ3) is 3.31. The standard InChI is InChI=1S/C19H23FN4O/c1-15-10-21-24(11-15)18(25)23-9-7-19(14-23)6-8-22(13-19)12-16-2-4-17(20)5-3-16/h2-5,10-11H,6-9,12-14H2,1H3. The Hall–Kier alpha value is -2.21. The summed E-state index contributed by atoms with van der Waals surface area (Å²) in [6.45, 7) is 6.39. The van der Waals surface area contributed by atoms with E-state index < -0.39 is 0 Å². The van der Waals surface area contributed by atoms with E-state index in [2.05, 4.69) is 10.00 Å². The van der Waals surface area contributed by atoms with E-state index in [9.17, 15) is 9.18 Å². The molecule has 1 spiro atoms. The van der Waals surface area contributed by atoms with Crippen LogP contribution in [0.15, 0.2) is 36.7 Å². The Morgan fingerprint density at radius 3 is 2.68 bits per heavy atom. The van der Waals surface area contributed by atoms with Crippen LogP contribution in [0.5, 0.6) is 0 Å². The number of aromatic nitrogens is 2. The van der Waals surface area contributed by atoms with Gasteiger partial charge in [0, 0.05) is 37.8 Å². The summed E-state index contributed by atoms with van der Waals surface area (Å²) in [5.74, 6) is -0.194. The highest BCUT2D eigenvalue weighted by atomic mass is 19.1. The Morgan fingerprint density at radius 2 is 1.96 bits per heavy atom. The largest absolute Gasteiger partial charge is 0.344 e. The van der Waals surface area contributed by atoms with Gasteiger partial charge < -0.3 is 4.90 Å². The van der Waals surface area contributed by atoms with Crippen molar-refractivity contribution in [3.8, 4) is 0 Å². The molecule has 2 aromatic rings. The van der Waals surface area contributed by atoms with Crippen molar-refractivity contribution < 1.29 is 9.18 Å². The van der Waals surface area contributed by atoms with Crippen LogP contribution < -0.4 is 0 Å². The van der Waals surface area contributed by atoms with Gasteiger partial charge in [-0.1, -0.05) is 12.1 Å². The lowest BCUT2D eigenvalue weighted by Gasteiger charge is -2.24. The Labute approximate surface area is 147 Å². The number of carbonyl (C=O) groups excluding carboxylic acids is 1. The number of hydrogen-bond donors (Lipinski definition) is 0. The first kappa shape index (κ1) is 16.3. The summed E-state index contributed by atoms with van der Waals surface area (Å²) < 4.78 is 14.5. The van der Waals surface area contributed by atoms with Crippen molar-refractivity contribution in [3.63, 3.8) is 0 Å². The summed E-state index contributed by atoms with van der Waals surface area (Å²) in [7, 11) is 0. The van der Waals surface area contributed by atoms with Gasteiger partial charge in [-0.25, -0.2) is 9.18 Å². The lowest BCUT2D eigenvalue weighted by Crippen LogP contribution is -2.36. The summed E-state index contributed by atoms with van der Waals surface area (Å²) in [6.07, 6.45) is 5.64. The van der Waals surface area contributed by atoms with E-state index in [4.69, 9.17) is 0 Å². The van der Waals surface area contributed by atoms with Gasteiger partial charge in [-0.15, -0.1) is 0 Å². The Kier molecular flexibility index (Phi) is 4.07. The fourth-order valence-corrected chi connectivity index (χ4v) is 4.10. The summed E-state index contributed by atoms with van der Waals surface area (Å²) in [5.41, 5.74) is 2.32. The first-order valence-electron chi connectivity index (χ1n) is 8.80. The normalized spacial score (nSPS) is 23.7. The fraction of sp³-hybridized carbons (Fsp3) is 0.474. The molecule has 3 heterocycles. The lowest BCUT2D eigenvalue weighted by molar-refractivity contribution is 0.196. The number of benzene rings is 1. The third-order valence-corrected chi connectivity index (χ3v) is 5.45. The number of nitrogens with zero attached hydrogens (tertiary/aromatic N) is 4. The van der Waals surface area contributed by atoms with Crippen LogP contribution in [0.3, 0.4) is 0 Å². The number of carbonyl (C=O) groups is 1. The fourth-order valence-electron chi connectivity index (χ4n) is 4.10. The maximum atomic E-state index is 13.0. The van der Waals surface area contributed by atoms with Crippen molar-refractivity contribution in [2.45, 2.75) is 26.3 Å². The van der Waals surface area contributed by atoms with Crippen LogP contribution in [-0.2, 0) is 6.54 Å². The number of rotatable bonds is 2. The van der Waals surface area contributed by atoms with E-state index in [1.807, 2.05) is 24.0 Å². The van der Waals surface area contributed by atoms with Gasteiger partial charge in [0.2, 0.25) is 0 Å². The smallest absolute Gasteiger partial charge is 0.322 e. The lowest BCUT2D eigenvalue weighted by atomic mass is 9.86. The molecule has 6 heteroatoms. The molecule has 1 atom stereocenters. The van der Waals surface area contributed by atoms with E-state index in [-0.39, 0.29) is 17.3 Å². The van der Waals surface area contributed by atoms with E-state index in [0.29, 0.717) is 0 Å². The number of hydrogen-bond acceptors (Lipinski definition) is 3. The Balaban J connectivity index is 1.38. The first-order valence-corrected chi connectivity index (χ1v) is 8.80. The maximum absolute atomic E-state index is 13.0. The molecular formula is C19H23FN4O. The van der Waals surface area contributed by atoms with E-state index in [1.54, 1.807) is 12.4 Å². The molecular weight excluding hydrogens is 319 g/mol. The number of halogens is 1. The molecule has 1 aromatic carbocycles. The van der Waals surface area contributed by atoms with Crippen molar-refractivity contribution in [1.29, 1.82) is 0 Å². The topological polar surface area (TPSA) is 41.4 Å². The molecule has 0 bridgehead atoms. The molecule has 5 nitrogen and oxygen atoms in total. The Morgan fingerprint density at radius 1 is 1.20 bits per heavy atom. The molecule has 1 aromatic heterocycles. The van der Waals surface area contributed by atoms with Crippen molar-refractivity contribution >= 4 is 6.03 Å². The van der Waals surface area contributed by atoms with E-state index >= 15 is 0 Å². The van der Waals surface area contributed by atoms with Gasteiger partial charge in [-0.05, 0) is 49.6 Å². The van der Waals surface area contributed by atoms with Crippen LogP contribution >= 0.6 is 0 Å². The molecule has 4 rings (SSSR count). The van der Waals surface area contributed by atoms with Gasteiger partial charge in [0.1, 0.15) is 5.82 Å². The molecule has 2 fully saturated rings. The van der Waals surface area contributed by atoms with E-state index in [1.165, 1.54) is 16.8 Å². The van der Waals surface area contributed by atoms with Gasteiger partial charge in [0.25, 0.3) is 0 Å². The highest BCUT2D eigenvalue weighted by Gasteiger charge is 2.44. The minimum Gasteiger partial charge on any atom is -0.322 e. The van der Waals surface area contributed by atoms with Crippen LogP contribution in [0.2, 0.25) is 0 Å². The van der Waals surface area contributed by atoms with Crippen molar-refractivity contribution in [2.24, 2.45) is 5.41 Å². The molecule has 0 N–H and O–H groups in total. The highest BCUT2D eigenvalue weighted by Crippen LogP contribution is 2.40. The molecule has 0 saturated carbocycles. The maximum Gasteiger partial charge on any atom is 0.344 e. The minimum absolute atomic E-state index is 0.0260. The quantitative estimate of drug-likeness (QED) is 0.843. The van der Waals surface area contributed by atoms with Gasteiger partial charge in [-0.3, -0.25) is 4.90 Å². The number of likely N-dealkylation sites (tertiary alicyclic amines) is 2. The molecule has 0 aliphatic carbocycles. The second-order valence-electron chi connectivity index (χ2n) is 7.50. The van der Waals surface area contributed by atoms with Crippen LogP contribution in [-0.4, -0.2) is 51.8 Å². The zero-order valence-corrected chi connectivity index (χ0v) is 14.5. The van der Waals surface area contributed by atoms with Crippen molar-refractivity contribution in [3.05, 3.63) is 53.6 Å². The van der Waals surface area contributed by atoms with Crippen LogP contribution in [0, 0.1) is 18.2 Å². The summed E-state index contributed by atoms with van der Waals surface area (Å²) in [6, 6.07) is 6.71. The predicted octanol–water partition coefficient (Wildman–Crippen LogP) is 2.90. The zero-order chi connectivity index (χ0) is 17.4. The average Bonchev–Trinajstić information content (AvgIpc) is 3.31. The van der Waals surface area contributed by atoms with Crippen molar-refractivity contribution in [1.82, 2.24) is 19.6 Å². The first-order chi connectivity index (χ1) is 12.0. The van der Waals surface area contributed by atoms with Crippen LogP contribution in [0.4, 0.5) is 9.18 Å². The van der Waals surface area contributed by atoms with Crippen molar-refractivity contribution in [2.75, 3.05) is 26.2 Å². The van der Waals surface area contributed by atoms with Crippen LogP contribution in [0.1, 0.15) is 24.0 Å². The second kappa shape index (κ2) is 6.26. The van der Waals surface area contributed by atoms with Crippen LogP contribution in [0.25, 0.3) is 0 Å². The molecule has 0 radical (unpaired) electrons. The predicted molar refractivity (Wildman–Crippen MR) is 92.7 cm³/mol. The third-order valence-electron chi connectivity index (χ3n) is 5.45. The molecule has 2 aliphatic heterocycles. The minimum atomic E-state index is -0.194. The molecule has 25 heavy (non-hydrogen) atoms. The van der Waals surface area contributed by atoms with Gasteiger partial charge in [-0.2, -0.15) is 9.78 Å². The van der Waals surface area contributed by atoms with E-state index in [0.717, 1.165) is 56.7 Å². The number of amides is 1. The Bertz CT molecular complexity index is 772. The summed E-state index contributed by atoms with van der Waals surface area (Å²) in [5, 5.41) is 4.14. The molecule has 1 unspecified atom stereocenters. The summed E-state index contributed by atoms with van der Waals surface area (Å²) >= 11 is 0. The summed E-state index contributed by atoms with van der Waals surface area (Å²) in [4.78, 5) is 16.9. The van der Waals surface area contributed by atoms with Gasteiger partial charge in [0.05, 0.1) is 6.20 Å². The van der Waals surface area contributed by atoms with Gasteiger partial charge >= 0.3 is 6.03 Å². The average molecular weight is 342 g/mol. The zero-order valence-electron chi connectivity index (χ0n) is 14.5. The number of aryl methyl sites for hydroxylation is 1. The molecule has 132 valence electrons. The monoisotopic (exact) mass is 342 g/mol. The van der Waals surface area contributed by atoms with Gasteiger partial charge in [0.15, 0.2) is 0 Å². The molecule has 2 aliphatic rings. The molecule has 1 amide bonds. The second-order valence-corrected chi connectivity index (χ2v) is 7.50. The SMILES string of the molecule is Cc1cnn(C(=O)N2CCC3(CCN(Cc4ccc(F)cc4)C3)C2)c1. The molecule has 2 saturated heterocycles. The highest BCUT2D eigenvalue weighted by molar-refractivity contribution is 5.76.